The van der Waals surface area contributed by atoms with Crippen molar-refractivity contribution in [2.45, 2.75) is 0 Å². The molecule has 0 saturated carbocycles. The molecule has 0 atom stereocenters. The SMILES string of the molecule is C=C(C(N)=O)c1ccc(N)cc1O. The van der Waals surface area contributed by atoms with E-state index < -0.39 is 5.91 Å². The summed E-state index contributed by atoms with van der Waals surface area (Å²) in [6.07, 6.45) is 0. The molecule has 1 aromatic carbocycles. The zero-order chi connectivity index (χ0) is 10.0. The maximum atomic E-state index is 10.7. The highest BCUT2D eigenvalue weighted by molar-refractivity contribution is 6.18. The van der Waals surface area contributed by atoms with E-state index in [1.54, 1.807) is 6.07 Å². The van der Waals surface area contributed by atoms with Gasteiger partial charge in [0.1, 0.15) is 5.75 Å². The van der Waals surface area contributed by atoms with Gasteiger partial charge in [-0.3, -0.25) is 4.79 Å². The van der Waals surface area contributed by atoms with Crippen molar-refractivity contribution in [1.29, 1.82) is 0 Å². The number of hydrogen-bond donors (Lipinski definition) is 3. The molecule has 5 N–H and O–H groups in total. The first kappa shape index (κ1) is 9.12. The Labute approximate surface area is 75.5 Å². The first-order valence-electron chi connectivity index (χ1n) is 3.60. The summed E-state index contributed by atoms with van der Waals surface area (Å²) >= 11 is 0. The first-order valence-corrected chi connectivity index (χ1v) is 3.60. The number of carbonyl (C=O) groups excluding carboxylic acids is 1. The van der Waals surface area contributed by atoms with Gasteiger partial charge >= 0.3 is 0 Å². The number of carbonyl (C=O) groups is 1. The summed E-state index contributed by atoms with van der Waals surface area (Å²) in [6.45, 7) is 3.44. The molecule has 0 radical (unpaired) electrons. The van der Waals surface area contributed by atoms with Gasteiger partial charge in [0.2, 0.25) is 5.91 Å². The van der Waals surface area contributed by atoms with Crippen LogP contribution < -0.4 is 11.5 Å². The van der Waals surface area contributed by atoms with Gasteiger partial charge in [-0.25, -0.2) is 0 Å². The Kier molecular flexibility index (Phi) is 2.23. The summed E-state index contributed by atoms with van der Waals surface area (Å²) < 4.78 is 0. The number of benzene rings is 1. The molecule has 0 spiro atoms. The Morgan fingerprint density at radius 1 is 1.46 bits per heavy atom. The fraction of sp³-hybridized carbons (Fsp3) is 0. The smallest absolute Gasteiger partial charge is 0.248 e. The molecule has 4 nitrogen and oxygen atoms in total. The topological polar surface area (TPSA) is 89.3 Å². The molecule has 68 valence electrons. The maximum Gasteiger partial charge on any atom is 0.248 e. The van der Waals surface area contributed by atoms with Crippen molar-refractivity contribution in [2.24, 2.45) is 5.73 Å². The molecule has 0 aliphatic rings. The number of aromatic hydroxyl groups is 1. The summed E-state index contributed by atoms with van der Waals surface area (Å²) in [4.78, 5) is 10.7. The van der Waals surface area contributed by atoms with Crippen molar-refractivity contribution >= 4 is 17.2 Å². The predicted octanol–water partition coefficient (Wildman–Crippen LogP) is 0.473. The third-order valence-corrected chi connectivity index (χ3v) is 1.64. The summed E-state index contributed by atoms with van der Waals surface area (Å²) in [5.41, 5.74) is 11.2. The van der Waals surface area contributed by atoms with E-state index in [1.807, 2.05) is 0 Å². The minimum atomic E-state index is -0.667. The Morgan fingerprint density at radius 3 is 2.54 bits per heavy atom. The minimum Gasteiger partial charge on any atom is -0.507 e. The Hall–Kier alpha value is -1.97. The van der Waals surface area contributed by atoms with Crippen LogP contribution in [0.5, 0.6) is 5.75 Å². The molecule has 0 saturated heterocycles. The number of nitrogen functional groups attached to an aromatic ring is 1. The fourth-order valence-corrected chi connectivity index (χ4v) is 0.937. The number of nitrogens with two attached hydrogens (primary N) is 2. The molecular weight excluding hydrogens is 168 g/mol. The molecule has 1 amide bonds. The van der Waals surface area contributed by atoms with Gasteiger partial charge in [-0.05, 0) is 12.1 Å². The van der Waals surface area contributed by atoms with E-state index in [9.17, 15) is 9.90 Å². The van der Waals surface area contributed by atoms with Crippen LogP contribution >= 0.6 is 0 Å². The lowest BCUT2D eigenvalue weighted by molar-refractivity contribution is -0.112. The van der Waals surface area contributed by atoms with E-state index in [1.165, 1.54) is 12.1 Å². The van der Waals surface area contributed by atoms with E-state index in [4.69, 9.17) is 11.5 Å². The van der Waals surface area contributed by atoms with Gasteiger partial charge in [-0.1, -0.05) is 6.58 Å². The third kappa shape index (κ3) is 1.79. The van der Waals surface area contributed by atoms with Crippen LogP contribution in [0.4, 0.5) is 5.69 Å². The van der Waals surface area contributed by atoms with Gasteiger partial charge in [-0.15, -0.1) is 0 Å². The molecule has 0 bridgehead atoms. The van der Waals surface area contributed by atoms with Crippen LogP contribution in [-0.2, 0) is 4.79 Å². The minimum absolute atomic E-state index is 0.0671. The van der Waals surface area contributed by atoms with E-state index in [0.29, 0.717) is 11.3 Å². The molecule has 0 fully saturated rings. The standard InChI is InChI=1S/C9H10N2O2/c1-5(9(11)13)7-3-2-6(10)4-8(7)12/h2-4,12H,1,10H2,(H2,11,13). The lowest BCUT2D eigenvalue weighted by Gasteiger charge is -2.04. The molecule has 1 aromatic rings. The molecule has 13 heavy (non-hydrogen) atoms. The van der Waals surface area contributed by atoms with Crippen molar-refractivity contribution in [3.8, 4) is 5.75 Å². The fourth-order valence-electron chi connectivity index (χ4n) is 0.937. The Bertz CT molecular complexity index is 372. The Morgan fingerprint density at radius 2 is 2.08 bits per heavy atom. The summed E-state index contributed by atoms with van der Waals surface area (Å²) in [6, 6.07) is 4.39. The number of primary amides is 1. The lowest BCUT2D eigenvalue weighted by atomic mass is 10.1. The molecule has 0 aliphatic heterocycles. The highest BCUT2D eigenvalue weighted by Crippen LogP contribution is 2.25. The quantitative estimate of drug-likeness (QED) is 0.454. The molecular formula is C9H10N2O2. The van der Waals surface area contributed by atoms with Gasteiger partial charge < -0.3 is 16.6 Å². The maximum absolute atomic E-state index is 10.7. The van der Waals surface area contributed by atoms with Crippen LogP contribution in [0, 0.1) is 0 Å². The number of phenolic OH excluding ortho intramolecular Hbond substituents is 1. The Balaban J connectivity index is 3.16. The molecule has 1 rings (SSSR count). The van der Waals surface area contributed by atoms with Crippen LogP contribution in [-0.4, -0.2) is 11.0 Å². The van der Waals surface area contributed by atoms with Crippen molar-refractivity contribution in [1.82, 2.24) is 0 Å². The van der Waals surface area contributed by atoms with Crippen LogP contribution in [0.15, 0.2) is 24.8 Å². The highest BCUT2D eigenvalue weighted by Gasteiger charge is 2.09. The third-order valence-electron chi connectivity index (χ3n) is 1.64. The lowest BCUT2D eigenvalue weighted by Crippen LogP contribution is -2.12. The van der Waals surface area contributed by atoms with Gasteiger partial charge in [0.15, 0.2) is 0 Å². The molecule has 0 aromatic heterocycles. The van der Waals surface area contributed by atoms with Crippen LogP contribution in [0.1, 0.15) is 5.56 Å². The van der Waals surface area contributed by atoms with E-state index in [0.717, 1.165) is 0 Å². The van der Waals surface area contributed by atoms with E-state index >= 15 is 0 Å². The van der Waals surface area contributed by atoms with E-state index in [2.05, 4.69) is 6.58 Å². The highest BCUT2D eigenvalue weighted by atomic mass is 16.3. The normalized spacial score (nSPS) is 9.54. The van der Waals surface area contributed by atoms with Crippen LogP contribution in [0.3, 0.4) is 0 Å². The van der Waals surface area contributed by atoms with Gasteiger partial charge in [0, 0.05) is 22.9 Å². The number of phenols is 1. The second-order valence-electron chi connectivity index (χ2n) is 2.62. The second-order valence-corrected chi connectivity index (χ2v) is 2.62. The summed E-state index contributed by atoms with van der Waals surface area (Å²) in [7, 11) is 0. The molecule has 0 heterocycles. The van der Waals surface area contributed by atoms with Crippen LogP contribution in [0.25, 0.3) is 5.57 Å². The number of hydrogen-bond acceptors (Lipinski definition) is 3. The zero-order valence-electron chi connectivity index (χ0n) is 6.95. The molecule has 4 heteroatoms. The van der Waals surface area contributed by atoms with Crippen molar-refractivity contribution in [3.05, 3.63) is 30.3 Å². The zero-order valence-corrected chi connectivity index (χ0v) is 6.95. The average Bonchev–Trinajstić information content (AvgIpc) is 2.03. The number of amides is 1. The van der Waals surface area contributed by atoms with Gasteiger partial charge in [-0.2, -0.15) is 0 Å². The summed E-state index contributed by atoms with van der Waals surface area (Å²) in [5.74, 6) is -0.760. The summed E-state index contributed by atoms with van der Waals surface area (Å²) in [5, 5.41) is 9.36. The first-order chi connectivity index (χ1) is 6.02. The van der Waals surface area contributed by atoms with Gasteiger partial charge in [0.25, 0.3) is 0 Å². The van der Waals surface area contributed by atoms with Crippen molar-refractivity contribution in [3.63, 3.8) is 0 Å². The van der Waals surface area contributed by atoms with Crippen molar-refractivity contribution in [2.75, 3.05) is 5.73 Å². The van der Waals surface area contributed by atoms with E-state index in [-0.39, 0.29) is 11.3 Å². The second kappa shape index (κ2) is 3.18. The van der Waals surface area contributed by atoms with Gasteiger partial charge in [0.05, 0.1) is 0 Å². The number of rotatable bonds is 2. The van der Waals surface area contributed by atoms with Crippen LogP contribution in [0.2, 0.25) is 0 Å². The molecule has 0 aliphatic carbocycles. The monoisotopic (exact) mass is 178 g/mol. The number of anilines is 1. The average molecular weight is 178 g/mol. The van der Waals surface area contributed by atoms with Crippen molar-refractivity contribution < 1.29 is 9.90 Å². The largest absolute Gasteiger partial charge is 0.507 e. The molecule has 0 unspecified atom stereocenters. The predicted molar refractivity (Wildman–Crippen MR) is 50.7 cm³/mol.